The van der Waals surface area contributed by atoms with Crippen LogP contribution in [0.3, 0.4) is 0 Å². The molecule has 2 amide bonds. The first-order chi connectivity index (χ1) is 12.5. The lowest BCUT2D eigenvalue weighted by molar-refractivity contribution is -0.121. The average Bonchev–Trinajstić information content (AvgIpc) is 2.66. The highest BCUT2D eigenvalue weighted by molar-refractivity contribution is 5.94. The summed E-state index contributed by atoms with van der Waals surface area (Å²) in [6.45, 7) is 5.80. The second kappa shape index (κ2) is 9.79. The predicted molar refractivity (Wildman–Crippen MR) is 96.0 cm³/mol. The lowest BCUT2D eigenvalue weighted by Gasteiger charge is -2.32. The van der Waals surface area contributed by atoms with Crippen molar-refractivity contribution in [3.05, 3.63) is 29.8 Å². The van der Waals surface area contributed by atoms with Crippen molar-refractivity contribution in [2.45, 2.75) is 33.1 Å². The Morgan fingerprint density at radius 3 is 2.35 bits per heavy atom. The molecule has 0 unspecified atom stereocenters. The van der Waals surface area contributed by atoms with Gasteiger partial charge in [0.05, 0.1) is 6.61 Å². The van der Waals surface area contributed by atoms with Crippen molar-refractivity contribution >= 4 is 18.0 Å². The second-order valence-electron chi connectivity index (χ2n) is 6.20. The summed E-state index contributed by atoms with van der Waals surface area (Å²) in [7, 11) is 0. The predicted octanol–water partition coefficient (Wildman–Crippen LogP) is 2.60. The zero-order valence-corrected chi connectivity index (χ0v) is 15.3. The number of nitrogens with zero attached hydrogens (tertiary/aromatic N) is 1. The van der Waals surface area contributed by atoms with Crippen molar-refractivity contribution in [1.82, 2.24) is 10.2 Å². The smallest absolute Gasteiger partial charge is 0.434 e. The summed E-state index contributed by atoms with van der Waals surface area (Å²) in [6.07, 6.45) is 1.48. The molecular formula is C19H26N2O5. The minimum Gasteiger partial charge on any atom is -0.434 e. The first kappa shape index (κ1) is 19.8. The molecule has 1 fully saturated rings. The molecule has 0 bridgehead atoms. The molecule has 1 N–H and O–H groups in total. The topological polar surface area (TPSA) is 84.9 Å². The number of ether oxygens (including phenoxy) is 2. The number of likely N-dealkylation sites (tertiary alicyclic amines) is 1. The molecule has 1 aliphatic rings. The van der Waals surface area contributed by atoms with E-state index >= 15 is 0 Å². The summed E-state index contributed by atoms with van der Waals surface area (Å²) in [5.74, 6) is 0.776. The van der Waals surface area contributed by atoms with Gasteiger partial charge in [-0.25, -0.2) is 4.79 Å². The summed E-state index contributed by atoms with van der Waals surface area (Å²) in [5, 5.41) is 2.91. The number of hydrogen-bond donors (Lipinski definition) is 1. The summed E-state index contributed by atoms with van der Waals surface area (Å²) >= 11 is 0. The largest absolute Gasteiger partial charge is 0.513 e. The molecule has 1 saturated heterocycles. The Hall–Kier alpha value is -2.57. The van der Waals surface area contributed by atoms with Crippen molar-refractivity contribution in [3.63, 3.8) is 0 Å². The maximum absolute atomic E-state index is 12.6. The van der Waals surface area contributed by atoms with Gasteiger partial charge in [-0.05, 0) is 49.9 Å². The quantitative estimate of drug-likeness (QED) is 0.621. The summed E-state index contributed by atoms with van der Waals surface area (Å²) in [4.78, 5) is 37.0. The lowest BCUT2D eigenvalue weighted by atomic mass is 9.96. The van der Waals surface area contributed by atoms with E-state index in [0.29, 0.717) is 43.3 Å². The average molecular weight is 362 g/mol. The van der Waals surface area contributed by atoms with Crippen LogP contribution >= 0.6 is 0 Å². The molecule has 0 atom stereocenters. The first-order valence-corrected chi connectivity index (χ1v) is 9.04. The van der Waals surface area contributed by atoms with Crippen LogP contribution in [-0.2, 0) is 9.53 Å². The highest BCUT2D eigenvalue weighted by Gasteiger charge is 2.24. The van der Waals surface area contributed by atoms with Crippen molar-refractivity contribution in [3.8, 4) is 5.75 Å². The molecule has 0 spiro atoms. The minimum absolute atomic E-state index is 0.0382. The molecule has 1 aromatic carbocycles. The number of nitrogens with one attached hydrogen (secondary N) is 1. The van der Waals surface area contributed by atoms with Crippen LogP contribution in [0, 0.1) is 5.92 Å². The molecule has 0 aromatic heterocycles. The number of carbonyl (C=O) groups is 3. The molecule has 142 valence electrons. The molecule has 2 rings (SSSR count). The van der Waals surface area contributed by atoms with E-state index in [-0.39, 0.29) is 18.4 Å². The van der Waals surface area contributed by atoms with E-state index in [0.717, 1.165) is 12.8 Å². The number of rotatable bonds is 6. The number of amides is 2. The van der Waals surface area contributed by atoms with Gasteiger partial charge >= 0.3 is 6.16 Å². The van der Waals surface area contributed by atoms with Crippen molar-refractivity contribution in [2.75, 3.05) is 26.2 Å². The van der Waals surface area contributed by atoms with Gasteiger partial charge < -0.3 is 19.7 Å². The van der Waals surface area contributed by atoms with E-state index in [9.17, 15) is 14.4 Å². The fourth-order valence-corrected chi connectivity index (χ4v) is 2.82. The van der Waals surface area contributed by atoms with Crippen LogP contribution < -0.4 is 10.1 Å². The minimum atomic E-state index is -0.760. The van der Waals surface area contributed by atoms with Gasteiger partial charge in [0.15, 0.2) is 0 Å². The van der Waals surface area contributed by atoms with Crippen molar-refractivity contribution in [2.24, 2.45) is 5.92 Å². The highest BCUT2D eigenvalue weighted by atomic mass is 16.7. The van der Waals surface area contributed by atoms with Gasteiger partial charge in [-0.3, -0.25) is 9.59 Å². The fraction of sp³-hybridized carbons (Fsp3) is 0.526. The number of benzene rings is 1. The molecule has 1 aliphatic heterocycles. The molecule has 7 heteroatoms. The van der Waals surface area contributed by atoms with Crippen molar-refractivity contribution in [1.29, 1.82) is 0 Å². The Kier molecular flexibility index (Phi) is 7.44. The van der Waals surface area contributed by atoms with E-state index in [1.165, 1.54) is 0 Å². The van der Waals surface area contributed by atoms with Crippen LogP contribution in [0.5, 0.6) is 5.75 Å². The SMILES string of the molecule is CCOC(=O)Oc1ccc(C(=O)N2CCC(CNC(=O)CC)CC2)cc1. The standard InChI is InChI=1S/C19H26N2O5/c1-3-17(22)20-13-14-9-11-21(12-10-14)18(23)15-5-7-16(8-6-15)26-19(24)25-4-2/h5-8,14H,3-4,9-13H2,1-2H3,(H,20,22). The Balaban J connectivity index is 1.82. The Labute approximate surface area is 153 Å². The third-order valence-corrected chi connectivity index (χ3v) is 4.38. The molecular weight excluding hydrogens is 336 g/mol. The van der Waals surface area contributed by atoms with Crippen LogP contribution in [0.1, 0.15) is 43.5 Å². The van der Waals surface area contributed by atoms with Gasteiger partial charge in [-0.1, -0.05) is 6.92 Å². The molecule has 0 aliphatic carbocycles. The van der Waals surface area contributed by atoms with Gasteiger partial charge in [0.1, 0.15) is 5.75 Å². The molecule has 26 heavy (non-hydrogen) atoms. The van der Waals surface area contributed by atoms with E-state index in [2.05, 4.69) is 5.32 Å². The zero-order valence-electron chi connectivity index (χ0n) is 15.3. The van der Waals surface area contributed by atoms with Gasteiger partial charge in [0.2, 0.25) is 5.91 Å². The molecule has 0 saturated carbocycles. The van der Waals surface area contributed by atoms with Crippen LogP contribution in [-0.4, -0.2) is 49.1 Å². The number of carbonyl (C=O) groups excluding carboxylic acids is 3. The van der Waals surface area contributed by atoms with Crippen LogP contribution in [0.2, 0.25) is 0 Å². The zero-order chi connectivity index (χ0) is 18.9. The third-order valence-electron chi connectivity index (χ3n) is 4.38. The van der Waals surface area contributed by atoms with Gasteiger partial charge in [0, 0.05) is 31.6 Å². The highest BCUT2D eigenvalue weighted by Crippen LogP contribution is 2.20. The third kappa shape index (κ3) is 5.75. The maximum atomic E-state index is 12.6. The summed E-state index contributed by atoms with van der Waals surface area (Å²) < 4.78 is 9.69. The molecule has 0 radical (unpaired) electrons. The maximum Gasteiger partial charge on any atom is 0.513 e. The van der Waals surface area contributed by atoms with Crippen LogP contribution in [0.15, 0.2) is 24.3 Å². The summed E-state index contributed by atoms with van der Waals surface area (Å²) in [5.41, 5.74) is 0.555. The van der Waals surface area contributed by atoms with E-state index in [1.807, 2.05) is 11.8 Å². The Morgan fingerprint density at radius 1 is 1.12 bits per heavy atom. The Bertz CT molecular complexity index is 621. The number of piperidine rings is 1. The van der Waals surface area contributed by atoms with Gasteiger partial charge in [-0.15, -0.1) is 0 Å². The van der Waals surface area contributed by atoms with Gasteiger partial charge in [-0.2, -0.15) is 0 Å². The molecule has 7 nitrogen and oxygen atoms in total. The molecule has 1 heterocycles. The van der Waals surface area contributed by atoms with Crippen LogP contribution in [0.4, 0.5) is 4.79 Å². The summed E-state index contributed by atoms with van der Waals surface area (Å²) in [6, 6.07) is 6.45. The second-order valence-corrected chi connectivity index (χ2v) is 6.20. The van der Waals surface area contributed by atoms with E-state index < -0.39 is 6.16 Å². The van der Waals surface area contributed by atoms with E-state index in [1.54, 1.807) is 31.2 Å². The van der Waals surface area contributed by atoms with Crippen molar-refractivity contribution < 1.29 is 23.9 Å². The normalized spacial score (nSPS) is 14.6. The van der Waals surface area contributed by atoms with E-state index in [4.69, 9.17) is 9.47 Å². The number of hydrogen-bond acceptors (Lipinski definition) is 5. The van der Waals surface area contributed by atoms with Crippen LogP contribution in [0.25, 0.3) is 0 Å². The Morgan fingerprint density at radius 2 is 1.77 bits per heavy atom. The monoisotopic (exact) mass is 362 g/mol. The lowest BCUT2D eigenvalue weighted by Crippen LogP contribution is -2.41. The first-order valence-electron chi connectivity index (χ1n) is 9.04. The molecule has 1 aromatic rings. The fourth-order valence-electron chi connectivity index (χ4n) is 2.82. The van der Waals surface area contributed by atoms with Gasteiger partial charge in [0.25, 0.3) is 5.91 Å².